The first kappa shape index (κ1) is 13.3. The lowest BCUT2D eigenvalue weighted by atomic mass is 10.1. The van der Waals surface area contributed by atoms with Crippen LogP contribution in [0.25, 0.3) is 0 Å². The molecule has 0 fully saturated rings. The van der Waals surface area contributed by atoms with Crippen LogP contribution in [0.15, 0.2) is 30.5 Å². The standard InChI is InChI=1S/C13H18N2O2/c1-10-5-6-12(9-11(10)2)14-13(16)7-8-17-15(3)4/h5-9H,1-4H3,(H,14,16). The minimum Gasteiger partial charge on any atom is -0.414 e. The van der Waals surface area contributed by atoms with E-state index in [2.05, 4.69) is 5.32 Å². The summed E-state index contributed by atoms with van der Waals surface area (Å²) in [4.78, 5) is 16.5. The number of carbonyl (C=O) groups excluding carboxylic acids is 1. The Bertz CT molecular complexity index is 425. The number of benzene rings is 1. The zero-order chi connectivity index (χ0) is 12.8. The van der Waals surface area contributed by atoms with Gasteiger partial charge in [0.05, 0.1) is 0 Å². The van der Waals surface area contributed by atoms with E-state index in [9.17, 15) is 4.79 Å². The molecule has 0 unspecified atom stereocenters. The SMILES string of the molecule is Cc1ccc(NC(=O)C=CON(C)C)cc1C. The van der Waals surface area contributed by atoms with Crippen molar-refractivity contribution in [1.29, 1.82) is 0 Å². The van der Waals surface area contributed by atoms with Crippen molar-refractivity contribution in [2.24, 2.45) is 0 Å². The number of hydroxylamine groups is 2. The van der Waals surface area contributed by atoms with Crippen molar-refractivity contribution in [3.05, 3.63) is 41.7 Å². The number of anilines is 1. The van der Waals surface area contributed by atoms with Crippen molar-refractivity contribution in [2.45, 2.75) is 13.8 Å². The summed E-state index contributed by atoms with van der Waals surface area (Å²) in [6.45, 7) is 4.04. The van der Waals surface area contributed by atoms with Crippen molar-refractivity contribution in [3.8, 4) is 0 Å². The molecule has 0 saturated heterocycles. The van der Waals surface area contributed by atoms with Gasteiger partial charge in [-0.1, -0.05) is 6.07 Å². The molecule has 0 aliphatic heterocycles. The highest BCUT2D eigenvalue weighted by Gasteiger charge is 1.99. The maximum absolute atomic E-state index is 11.5. The van der Waals surface area contributed by atoms with E-state index in [0.29, 0.717) is 0 Å². The fourth-order valence-electron chi connectivity index (χ4n) is 1.22. The van der Waals surface area contributed by atoms with Gasteiger partial charge in [0.25, 0.3) is 5.91 Å². The van der Waals surface area contributed by atoms with Crippen LogP contribution in [-0.2, 0) is 9.63 Å². The average Bonchev–Trinajstić information content (AvgIpc) is 2.23. The molecule has 92 valence electrons. The van der Waals surface area contributed by atoms with E-state index in [1.165, 1.54) is 23.0 Å². The summed E-state index contributed by atoms with van der Waals surface area (Å²) < 4.78 is 0. The Morgan fingerprint density at radius 3 is 2.59 bits per heavy atom. The quantitative estimate of drug-likeness (QED) is 0.493. The van der Waals surface area contributed by atoms with E-state index in [1.807, 2.05) is 32.0 Å². The maximum Gasteiger partial charge on any atom is 0.251 e. The molecule has 0 bridgehead atoms. The summed E-state index contributed by atoms with van der Waals surface area (Å²) in [5.74, 6) is -0.213. The summed E-state index contributed by atoms with van der Waals surface area (Å²) in [5, 5.41) is 4.26. The van der Waals surface area contributed by atoms with Gasteiger partial charge in [-0.2, -0.15) is 5.06 Å². The zero-order valence-electron chi connectivity index (χ0n) is 10.7. The topological polar surface area (TPSA) is 41.6 Å². The van der Waals surface area contributed by atoms with E-state index in [4.69, 9.17) is 4.84 Å². The molecule has 1 aromatic rings. The van der Waals surface area contributed by atoms with Gasteiger partial charge in [0, 0.05) is 25.9 Å². The number of hydrogen-bond donors (Lipinski definition) is 1. The summed E-state index contributed by atoms with van der Waals surface area (Å²) in [7, 11) is 3.48. The summed E-state index contributed by atoms with van der Waals surface area (Å²) in [6.07, 6.45) is 2.69. The van der Waals surface area contributed by atoms with Crippen molar-refractivity contribution in [2.75, 3.05) is 19.4 Å². The predicted octanol–water partition coefficient (Wildman–Crippen LogP) is 2.25. The molecule has 4 nitrogen and oxygen atoms in total. The third-order valence-electron chi connectivity index (χ3n) is 2.27. The Kier molecular flexibility index (Phi) is 4.72. The third kappa shape index (κ3) is 4.70. The van der Waals surface area contributed by atoms with Gasteiger partial charge in [0.1, 0.15) is 6.26 Å². The van der Waals surface area contributed by atoms with Crippen molar-refractivity contribution >= 4 is 11.6 Å². The molecule has 17 heavy (non-hydrogen) atoms. The lowest BCUT2D eigenvalue weighted by Gasteiger charge is -2.07. The molecule has 0 aliphatic rings. The highest BCUT2D eigenvalue weighted by Crippen LogP contribution is 2.13. The van der Waals surface area contributed by atoms with Crippen LogP contribution in [0, 0.1) is 13.8 Å². The van der Waals surface area contributed by atoms with Crippen LogP contribution in [0.1, 0.15) is 11.1 Å². The van der Waals surface area contributed by atoms with Crippen LogP contribution in [0.3, 0.4) is 0 Å². The maximum atomic E-state index is 11.5. The molecule has 1 amide bonds. The van der Waals surface area contributed by atoms with Crippen molar-refractivity contribution in [3.63, 3.8) is 0 Å². The minimum absolute atomic E-state index is 0.213. The van der Waals surface area contributed by atoms with E-state index in [1.54, 1.807) is 14.1 Å². The number of amides is 1. The Balaban J connectivity index is 2.56. The van der Waals surface area contributed by atoms with Crippen molar-refractivity contribution in [1.82, 2.24) is 5.06 Å². The second kappa shape index (κ2) is 6.06. The van der Waals surface area contributed by atoms with Gasteiger partial charge < -0.3 is 10.2 Å². The van der Waals surface area contributed by atoms with Gasteiger partial charge in [-0.25, -0.2) is 0 Å². The van der Waals surface area contributed by atoms with Gasteiger partial charge in [-0.15, -0.1) is 0 Å². The van der Waals surface area contributed by atoms with Gasteiger partial charge >= 0.3 is 0 Å². The fourth-order valence-corrected chi connectivity index (χ4v) is 1.22. The molecule has 0 atom stereocenters. The number of rotatable bonds is 4. The van der Waals surface area contributed by atoms with Crippen LogP contribution in [0.5, 0.6) is 0 Å². The average molecular weight is 234 g/mol. The zero-order valence-corrected chi connectivity index (χ0v) is 10.7. The van der Waals surface area contributed by atoms with Gasteiger partial charge in [-0.05, 0) is 37.1 Å². The van der Waals surface area contributed by atoms with E-state index in [-0.39, 0.29) is 5.91 Å². The van der Waals surface area contributed by atoms with E-state index in [0.717, 1.165) is 11.3 Å². The van der Waals surface area contributed by atoms with Gasteiger partial charge in [-0.3, -0.25) is 4.79 Å². The second-order valence-corrected chi connectivity index (χ2v) is 4.01. The van der Waals surface area contributed by atoms with Gasteiger partial charge in [0.2, 0.25) is 0 Å². The summed E-state index contributed by atoms with van der Waals surface area (Å²) >= 11 is 0. The van der Waals surface area contributed by atoms with Crippen LogP contribution >= 0.6 is 0 Å². The number of aryl methyl sites for hydroxylation is 2. The highest BCUT2D eigenvalue weighted by molar-refractivity contribution is 5.99. The fraction of sp³-hybridized carbons (Fsp3) is 0.308. The summed E-state index contributed by atoms with van der Waals surface area (Å²) in [5.41, 5.74) is 3.14. The highest BCUT2D eigenvalue weighted by atomic mass is 16.7. The third-order valence-corrected chi connectivity index (χ3v) is 2.27. The lowest BCUT2D eigenvalue weighted by Crippen LogP contribution is -2.11. The molecule has 0 heterocycles. The molecule has 0 saturated carbocycles. The molecular formula is C13H18N2O2. The molecule has 0 aliphatic carbocycles. The van der Waals surface area contributed by atoms with Gasteiger partial charge in [0.15, 0.2) is 0 Å². The van der Waals surface area contributed by atoms with E-state index >= 15 is 0 Å². The number of carbonyl (C=O) groups is 1. The first-order chi connectivity index (χ1) is 7.99. The van der Waals surface area contributed by atoms with Crippen LogP contribution < -0.4 is 5.32 Å². The Hall–Kier alpha value is -1.81. The van der Waals surface area contributed by atoms with Crippen molar-refractivity contribution < 1.29 is 9.63 Å². The Labute approximate surface area is 102 Å². The molecule has 1 aromatic carbocycles. The van der Waals surface area contributed by atoms with Crippen LogP contribution in [0.2, 0.25) is 0 Å². The number of nitrogens with zero attached hydrogens (tertiary/aromatic N) is 1. The largest absolute Gasteiger partial charge is 0.414 e. The number of nitrogens with one attached hydrogen (secondary N) is 1. The monoisotopic (exact) mass is 234 g/mol. The molecule has 0 aromatic heterocycles. The Morgan fingerprint density at radius 1 is 1.29 bits per heavy atom. The molecule has 1 N–H and O–H groups in total. The molecule has 1 rings (SSSR count). The minimum atomic E-state index is -0.213. The number of hydrogen-bond acceptors (Lipinski definition) is 3. The molecular weight excluding hydrogens is 216 g/mol. The van der Waals surface area contributed by atoms with Crippen LogP contribution in [-0.4, -0.2) is 25.1 Å². The molecule has 4 heteroatoms. The second-order valence-electron chi connectivity index (χ2n) is 4.01. The lowest BCUT2D eigenvalue weighted by molar-refractivity contribution is -0.112. The van der Waals surface area contributed by atoms with E-state index < -0.39 is 0 Å². The predicted molar refractivity (Wildman–Crippen MR) is 68.5 cm³/mol. The normalized spacial score (nSPS) is 10.9. The first-order valence-electron chi connectivity index (χ1n) is 5.38. The molecule has 0 spiro atoms. The van der Waals surface area contributed by atoms with Crippen LogP contribution in [0.4, 0.5) is 5.69 Å². The smallest absolute Gasteiger partial charge is 0.251 e. The summed E-state index contributed by atoms with van der Waals surface area (Å²) in [6, 6.07) is 5.79. The molecule has 0 radical (unpaired) electrons. The Morgan fingerprint density at radius 2 is 2.00 bits per heavy atom. The first-order valence-corrected chi connectivity index (χ1v) is 5.38.